The lowest BCUT2D eigenvalue weighted by Crippen LogP contribution is -2.41. The first-order valence-corrected chi connectivity index (χ1v) is 14.2. The highest BCUT2D eigenvalue weighted by molar-refractivity contribution is 7.89. The first kappa shape index (κ1) is 26.6. The molecule has 3 aromatic rings. The molecule has 0 spiro atoms. The number of hydrogen-bond donors (Lipinski definition) is 1. The Labute approximate surface area is 227 Å². The molecule has 0 radical (unpaired) electrons. The zero-order chi connectivity index (χ0) is 27.6. The minimum atomic E-state index is -3.98. The number of nitrogens with one attached hydrogen (secondary N) is 1. The molecule has 1 N–H and O–H groups in total. The van der Waals surface area contributed by atoms with Gasteiger partial charge >= 0.3 is 5.97 Å². The standard InChI is InChI=1S/C29H29N3O6S/c1-20(33)30-23-10-12-24(13-11-23)39(36,37)32-17-15-21-6-2-4-8-25(21)27(32)18-29(35)38-19-28(34)31-16-14-22-7-3-5-9-26(22)31/h2-13,27H,14-19H2,1H3,(H,30,33). The molecule has 9 nitrogen and oxygen atoms in total. The number of amides is 2. The van der Waals surface area contributed by atoms with Gasteiger partial charge in [0.05, 0.1) is 17.4 Å². The summed E-state index contributed by atoms with van der Waals surface area (Å²) in [6.45, 7) is 1.67. The van der Waals surface area contributed by atoms with Crippen LogP contribution in [0.2, 0.25) is 0 Å². The van der Waals surface area contributed by atoms with Crippen molar-refractivity contribution in [1.82, 2.24) is 4.31 Å². The molecular formula is C29H29N3O6S. The summed E-state index contributed by atoms with van der Waals surface area (Å²) >= 11 is 0. The third-order valence-corrected chi connectivity index (χ3v) is 8.97. The van der Waals surface area contributed by atoms with Gasteiger partial charge in [-0.05, 0) is 59.9 Å². The van der Waals surface area contributed by atoms with Crippen molar-refractivity contribution >= 4 is 39.2 Å². The van der Waals surface area contributed by atoms with E-state index in [4.69, 9.17) is 4.74 Å². The van der Waals surface area contributed by atoms with Crippen LogP contribution in [0.4, 0.5) is 11.4 Å². The lowest BCUT2D eigenvalue weighted by atomic mass is 9.92. The Bertz CT molecular complexity index is 1520. The minimum absolute atomic E-state index is 0.0530. The topological polar surface area (TPSA) is 113 Å². The number of fused-ring (bicyclic) bond motifs is 2. The van der Waals surface area contributed by atoms with Crippen molar-refractivity contribution in [2.24, 2.45) is 0 Å². The van der Waals surface area contributed by atoms with Gasteiger partial charge in [-0.2, -0.15) is 4.31 Å². The number of para-hydroxylation sites is 1. The van der Waals surface area contributed by atoms with E-state index in [9.17, 15) is 22.8 Å². The molecule has 0 aromatic heterocycles. The number of ether oxygens (including phenoxy) is 1. The highest BCUT2D eigenvalue weighted by Crippen LogP contribution is 2.37. The second-order valence-electron chi connectivity index (χ2n) is 9.57. The van der Waals surface area contributed by atoms with Crippen LogP contribution in [0.25, 0.3) is 0 Å². The van der Waals surface area contributed by atoms with Gasteiger partial charge in [0.2, 0.25) is 15.9 Å². The van der Waals surface area contributed by atoms with E-state index in [1.165, 1.54) is 35.5 Å². The maximum absolute atomic E-state index is 13.7. The molecule has 3 aromatic carbocycles. The summed E-state index contributed by atoms with van der Waals surface area (Å²) in [6, 6.07) is 20.2. The van der Waals surface area contributed by atoms with Crippen LogP contribution in [0.15, 0.2) is 77.7 Å². The first-order chi connectivity index (χ1) is 18.7. The molecule has 0 fully saturated rings. The molecule has 2 aliphatic heterocycles. The lowest BCUT2D eigenvalue weighted by molar-refractivity contribution is -0.148. The average Bonchev–Trinajstić information content (AvgIpc) is 3.36. The van der Waals surface area contributed by atoms with Crippen LogP contribution in [0.3, 0.4) is 0 Å². The van der Waals surface area contributed by atoms with Crippen LogP contribution in [0.5, 0.6) is 0 Å². The van der Waals surface area contributed by atoms with Crippen LogP contribution in [0.1, 0.15) is 36.1 Å². The molecule has 0 aliphatic carbocycles. The largest absolute Gasteiger partial charge is 0.455 e. The molecule has 0 bridgehead atoms. The molecule has 0 saturated carbocycles. The van der Waals surface area contributed by atoms with E-state index in [1.807, 2.05) is 48.5 Å². The molecule has 2 heterocycles. The molecule has 0 saturated heterocycles. The predicted octanol–water partition coefficient (Wildman–Crippen LogP) is 3.46. The summed E-state index contributed by atoms with van der Waals surface area (Å²) in [5, 5.41) is 2.62. The fraction of sp³-hybridized carbons (Fsp3) is 0.276. The summed E-state index contributed by atoms with van der Waals surface area (Å²) < 4.78 is 34.1. The van der Waals surface area contributed by atoms with Gasteiger partial charge in [-0.3, -0.25) is 14.4 Å². The van der Waals surface area contributed by atoms with Crippen LogP contribution in [-0.2, 0) is 42.0 Å². The van der Waals surface area contributed by atoms with Crippen molar-refractivity contribution in [2.45, 2.75) is 37.1 Å². The molecule has 202 valence electrons. The van der Waals surface area contributed by atoms with Gasteiger partial charge in [0.15, 0.2) is 6.61 Å². The van der Waals surface area contributed by atoms with Gasteiger partial charge in [0.1, 0.15) is 0 Å². The second-order valence-corrected chi connectivity index (χ2v) is 11.5. The summed E-state index contributed by atoms with van der Waals surface area (Å²) in [4.78, 5) is 38.8. The number of benzene rings is 3. The Kier molecular flexibility index (Phi) is 7.49. The summed E-state index contributed by atoms with van der Waals surface area (Å²) in [7, 11) is -3.98. The fourth-order valence-electron chi connectivity index (χ4n) is 5.21. The number of esters is 1. The zero-order valence-electron chi connectivity index (χ0n) is 21.5. The number of nitrogens with zero attached hydrogens (tertiary/aromatic N) is 2. The number of hydrogen-bond acceptors (Lipinski definition) is 6. The SMILES string of the molecule is CC(=O)Nc1ccc(S(=O)(=O)N2CCc3ccccc3C2CC(=O)OCC(=O)N2CCc3ccccc32)cc1. The maximum atomic E-state index is 13.7. The molecule has 5 rings (SSSR count). The number of rotatable bonds is 7. The average molecular weight is 548 g/mol. The van der Waals surface area contributed by atoms with Crippen molar-refractivity contribution in [1.29, 1.82) is 0 Å². The van der Waals surface area contributed by atoms with Crippen molar-refractivity contribution in [3.8, 4) is 0 Å². The number of anilines is 2. The van der Waals surface area contributed by atoms with Gasteiger partial charge in [-0.15, -0.1) is 0 Å². The third kappa shape index (κ3) is 5.57. The number of carbonyl (C=O) groups excluding carboxylic acids is 3. The van der Waals surface area contributed by atoms with Gasteiger partial charge in [0, 0.05) is 31.4 Å². The highest BCUT2D eigenvalue weighted by Gasteiger charge is 2.38. The molecule has 2 aliphatic rings. The van der Waals surface area contributed by atoms with E-state index in [0.29, 0.717) is 18.7 Å². The van der Waals surface area contributed by atoms with Crippen molar-refractivity contribution in [3.05, 3.63) is 89.5 Å². The smallest absolute Gasteiger partial charge is 0.308 e. The Hall–Kier alpha value is -4.02. The third-order valence-electron chi connectivity index (χ3n) is 7.05. The van der Waals surface area contributed by atoms with Gasteiger partial charge < -0.3 is 15.0 Å². The van der Waals surface area contributed by atoms with Crippen molar-refractivity contribution < 1.29 is 27.5 Å². The van der Waals surface area contributed by atoms with Gasteiger partial charge in [-0.1, -0.05) is 42.5 Å². The first-order valence-electron chi connectivity index (χ1n) is 12.8. The van der Waals surface area contributed by atoms with E-state index in [-0.39, 0.29) is 29.7 Å². The Morgan fingerprint density at radius 3 is 2.31 bits per heavy atom. The van der Waals surface area contributed by atoms with Gasteiger partial charge in [0.25, 0.3) is 5.91 Å². The normalized spacial score (nSPS) is 16.7. The molecule has 10 heteroatoms. The van der Waals surface area contributed by atoms with Crippen LogP contribution in [0, 0.1) is 0 Å². The Morgan fingerprint density at radius 2 is 1.56 bits per heavy atom. The quantitative estimate of drug-likeness (QED) is 0.454. The van der Waals surface area contributed by atoms with E-state index in [1.54, 1.807) is 4.90 Å². The van der Waals surface area contributed by atoms with E-state index in [2.05, 4.69) is 5.32 Å². The summed E-state index contributed by atoms with van der Waals surface area (Å²) in [5.74, 6) is -1.23. The zero-order valence-corrected chi connectivity index (χ0v) is 22.3. The number of carbonyl (C=O) groups is 3. The molecule has 1 atom stereocenters. The van der Waals surface area contributed by atoms with Crippen LogP contribution < -0.4 is 10.2 Å². The fourth-order valence-corrected chi connectivity index (χ4v) is 6.82. The van der Waals surface area contributed by atoms with E-state index >= 15 is 0 Å². The minimum Gasteiger partial charge on any atom is -0.455 e. The number of sulfonamides is 1. The van der Waals surface area contributed by atoms with Crippen LogP contribution >= 0.6 is 0 Å². The summed E-state index contributed by atoms with van der Waals surface area (Å²) in [6.07, 6.45) is 1.01. The molecule has 1 unspecified atom stereocenters. The van der Waals surface area contributed by atoms with E-state index < -0.39 is 28.6 Å². The monoisotopic (exact) mass is 547 g/mol. The van der Waals surface area contributed by atoms with Crippen LogP contribution in [-0.4, -0.2) is 50.2 Å². The summed E-state index contributed by atoms with van der Waals surface area (Å²) in [5.41, 5.74) is 4.07. The van der Waals surface area contributed by atoms with E-state index in [0.717, 1.165) is 28.8 Å². The maximum Gasteiger partial charge on any atom is 0.308 e. The molecular weight excluding hydrogens is 518 g/mol. The second kappa shape index (κ2) is 11.0. The predicted molar refractivity (Wildman–Crippen MR) is 146 cm³/mol. The molecule has 39 heavy (non-hydrogen) atoms. The Morgan fingerprint density at radius 1 is 0.897 bits per heavy atom. The lowest BCUT2D eigenvalue weighted by Gasteiger charge is -2.36. The van der Waals surface area contributed by atoms with Gasteiger partial charge in [-0.25, -0.2) is 8.42 Å². The molecule has 2 amide bonds. The Balaban J connectivity index is 1.33. The van der Waals surface area contributed by atoms with Crippen molar-refractivity contribution in [3.63, 3.8) is 0 Å². The highest BCUT2D eigenvalue weighted by atomic mass is 32.2. The van der Waals surface area contributed by atoms with Crippen molar-refractivity contribution in [2.75, 3.05) is 29.9 Å².